The largest absolute Gasteiger partial charge is 0.293 e. The second-order valence-corrected chi connectivity index (χ2v) is 9.08. The van der Waals surface area contributed by atoms with Crippen LogP contribution >= 0.6 is 23.1 Å². The molecule has 29 heavy (non-hydrogen) atoms. The van der Waals surface area contributed by atoms with E-state index in [-0.39, 0.29) is 11.6 Å². The van der Waals surface area contributed by atoms with Gasteiger partial charge in [0.1, 0.15) is 22.0 Å². The van der Waals surface area contributed by atoms with E-state index in [1.54, 1.807) is 23.5 Å². The molecule has 6 heteroatoms. The number of halogens is 1. The van der Waals surface area contributed by atoms with Crippen LogP contribution in [0.25, 0.3) is 21.3 Å². The molecular formula is C23H19FN2OS2. The first kappa shape index (κ1) is 19.7. The highest BCUT2D eigenvalue weighted by Gasteiger charge is 2.18. The van der Waals surface area contributed by atoms with Gasteiger partial charge in [-0.2, -0.15) is 0 Å². The number of hydrogen-bond donors (Lipinski definition) is 0. The lowest BCUT2D eigenvalue weighted by Crippen LogP contribution is -2.03. The minimum Gasteiger partial charge on any atom is -0.293 e. The number of benzene rings is 2. The molecule has 146 valence electrons. The summed E-state index contributed by atoms with van der Waals surface area (Å²) >= 11 is 3.00. The predicted molar refractivity (Wildman–Crippen MR) is 119 cm³/mol. The van der Waals surface area contributed by atoms with Crippen LogP contribution in [0, 0.1) is 26.6 Å². The number of thioether (sulfide) groups is 1. The van der Waals surface area contributed by atoms with Crippen LogP contribution in [-0.4, -0.2) is 21.5 Å². The number of carbonyl (C=O) groups is 1. The fourth-order valence-corrected chi connectivity index (χ4v) is 5.20. The Hall–Kier alpha value is -2.57. The quantitative estimate of drug-likeness (QED) is 0.212. The zero-order valence-electron chi connectivity index (χ0n) is 16.3. The summed E-state index contributed by atoms with van der Waals surface area (Å²) < 4.78 is 13.4. The molecule has 0 atom stereocenters. The number of fused-ring (bicyclic) bond motifs is 1. The van der Waals surface area contributed by atoms with Crippen LogP contribution in [-0.2, 0) is 0 Å². The van der Waals surface area contributed by atoms with Gasteiger partial charge < -0.3 is 0 Å². The third-order valence-electron chi connectivity index (χ3n) is 4.93. The van der Waals surface area contributed by atoms with Gasteiger partial charge in [-0.1, -0.05) is 36.0 Å². The minimum absolute atomic E-state index is 0.0696. The topological polar surface area (TPSA) is 42.9 Å². The third-order valence-corrected chi connectivity index (χ3v) is 6.93. The van der Waals surface area contributed by atoms with Gasteiger partial charge in [-0.3, -0.25) is 4.79 Å². The van der Waals surface area contributed by atoms with Crippen molar-refractivity contribution in [2.24, 2.45) is 0 Å². The van der Waals surface area contributed by atoms with Crippen molar-refractivity contribution in [2.45, 2.75) is 25.8 Å². The maximum Gasteiger partial charge on any atom is 0.173 e. The number of carbonyl (C=O) groups excluding carboxylic acids is 1. The van der Waals surface area contributed by atoms with Crippen LogP contribution in [0.1, 0.15) is 26.4 Å². The number of aromatic nitrogens is 2. The van der Waals surface area contributed by atoms with Crippen LogP contribution in [0.3, 0.4) is 0 Å². The molecule has 0 aliphatic rings. The average molecular weight is 423 g/mol. The van der Waals surface area contributed by atoms with E-state index in [9.17, 15) is 9.18 Å². The van der Waals surface area contributed by atoms with Gasteiger partial charge in [0.05, 0.1) is 11.1 Å². The minimum atomic E-state index is -0.268. The fourth-order valence-electron chi connectivity index (χ4n) is 3.22. The lowest BCUT2D eigenvalue weighted by atomic mass is 10.0. The lowest BCUT2D eigenvalue weighted by molar-refractivity contribution is 0.102. The van der Waals surface area contributed by atoms with Crippen molar-refractivity contribution in [3.63, 3.8) is 0 Å². The summed E-state index contributed by atoms with van der Waals surface area (Å²) in [5.74, 6) is 0.0998. The van der Waals surface area contributed by atoms with Gasteiger partial charge in [0.15, 0.2) is 5.78 Å². The van der Waals surface area contributed by atoms with Crippen molar-refractivity contribution in [1.29, 1.82) is 0 Å². The lowest BCUT2D eigenvalue weighted by Gasteiger charge is -2.07. The molecule has 0 aliphatic carbocycles. The van der Waals surface area contributed by atoms with E-state index >= 15 is 0 Å². The van der Waals surface area contributed by atoms with Gasteiger partial charge in [0.25, 0.3) is 0 Å². The van der Waals surface area contributed by atoms with Crippen LogP contribution in [0.5, 0.6) is 0 Å². The smallest absolute Gasteiger partial charge is 0.173 e. The fraction of sp³-hybridized carbons (Fsp3) is 0.174. The van der Waals surface area contributed by atoms with E-state index in [1.807, 2.05) is 39.0 Å². The van der Waals surface area contributed by atoms with Gasteiger partial charge >= 0.3 is 0 Å². The number of aryl methyl sites for hydroxylation is 3. The van der Waals surface area contributed by atoms with Crippen molar-refractivity contribution in [1.82, 2.24) is 9.97 Å². The molecule has 2 aromatic heterocycles. The number of nitrogens with zero attached hydrogens (tertiary/aromatic N) is 2. The molecule has 4 rings (SSSR count). The van der Waals surface area contributed by atoms with Crippen molar-refractivity contribution in [2.75, 3.05) is 5.75 Å². The monoisotopic (exact) mass is 422 g/mol. The molecule has 0 fully saturated rings. The standard InChI is InChI=1S/C23H19FN2OS2/c1-13-4-5-17(10-14(13)2)19(27)11-28-22-21-20(16-6-8-18(24)9-7-16)15(3)29-23(21)26-12-25-22/h4-10,12H,11H2,1-3H3. The van der Waals surface area contributed by atoms with Crippen molar-refractivity contribution >= 4 is 39.1 Å². The van der Waals surface area contributed by atoms with E-state index in [2.05, 4.69) is 9.97 Å². The van der Waals surface area contributed by atoms with E-state index in [4.69, 9.17) is 0 Å². The van der Waals surface area contributed by atoms with E-state index in [1.165, 1.54) is 35.8 Å². The van der Waals surface area contributed by atoms with Gasteiger partial charge in [-0.05, 0) is 55.7 Å². The zero-order valence-corrected chi connectivity index (χ0v) is 18.0. The van der Waals surface area contributed by atoms with Crippen molar-refractivity contribution in [3.8, 4) is 11.1 Å². The number of hydrogen-bond acceptors (Lipinski definition) is 5. The summed E-state index contributed by atoms with van der Waals surface area (Å²) in [4.78, 5) is 23.5. The normalized spacial score (nSPS) is 11.2. The van der Waals surface area contributed by atoms with Crippen molar-refractivity contribution < 1.29 is 9.18 Å². The molecule has 0 aliphatic heterocycles. The first-order chi connectivity index (χ1) is 13.9. The SMILES string of the molecule is Cc1ccc(C(=O)CSc2ncnc3sc(C)c(-c4ccc(F)cc4)c23)cc1C. The van der Waals surface area contributed by atoms with Gasteiger partial charge in [-0.15, -0.1) is 11.3 Å². The summed E-state index contributed by atoms with van der Waals surface area (Å²) in [6.07, 6.45) is 1.54. The number of rotatable bonds is 5. The Kier molecular flexibility index (Phi) is 5.48. The summed E-state index contributed by atoms with van der Waals surface area (Å²) in [6.45, 7) is 6.07. The molecule has 2 aromatic carbocycles. The van der Waals surface area contributed by atoms with Crippen LogP contribution in [0.15, 0.2) is 53.8 Å². The first-order valence-corrected chi connectivity index (χ1v) is 11.0. The van der Waals surface area contributed by atoms with E-state index in [0.29, 0.717) is 11.3 Å². The third kappa shape index (κ3) is 3.95. The maximum absolute atomic E-state index is 13.4. The highest BCUT2D eigenvalue weighted by Crippen LogP contribution is 2.41. The second-order valence-electron chi connectivity index (χ2n) is 6.91. The molecule has 0 amide bonds. The molecule has 0 N–H and O–H groups in total. The summed E-state index contributed by atoms with van der Waals surface area (Å²) in [7, 11) is 0. The molecule has 0 bridgehead atoms. The molecule has 0 saturated carbocycles. The molecule has 0 radical (unpaired) electrons. The summed E-state index contributed by atoms with van der Waals surface area (Å²) in [5, 5.41) is 1.70. The van der Waals surface area contributed by atoms with Crippen LogP contribution < -0.4 is 0 Å². The average Bonchev–Trinajstić information content (AvgIpc) is 3.05. The summed E-state index contributed by atoms with van der Waals surface area (Å²) in [5.41, 5.74) is 4.92. The molecule has 4 aromatic rings. The van der Waals surface area contributed by atoms with Crippen LogP contribution in [0.4, 0.5) is 4.39 Å². The maximum atomic E-state index is 13.4. The number of ketones is 1. The number of thiophene rings is 1. The predicted octanol–water partition coefficient (Wildman–Crippen LogP) is 6.40. The Bertz CT molecular complexity index is 1220. The number of Topliss-reactive ketones (excluding diaryl/α,β-unsaturated/α-hetero) is 1. The molecule has 0 unspecified atom stereocenters. The molecule has 0 saturated heterocycles. The Balaban J connectivity index is 1.68. The van der Waals surface area contributed by atoms with Crippen LogP contribution in [0.2, 0.25) is 0 Å². The Morgan fingerprint density at radius 2 is 1.79 bits per heavy atom. The van der Waals surface area contributed by atoms with Crippen molar-refractivity contribution in [3.05, 3.63) is 76.2 Å². The first-order valence-electron chi connectivity index (χ1n) is 9.17. The second kappa shape index (κ2) is 8.05. The molecular weight excluding hydrogens is 403 g/mol. The molecule has 3 nitrogen and oxygen atoms in total. The van der Waals surface area contributed by atoms with E-state index in [0.717, 1.165) is 36.8 Å². The van der Waals surface area contributed by atoms with E-state index < -0.39 is 0 Å². The van der Waals surface area contributed by atoms with Gasteiger partial charge in [-0.25, -0.2) is 14.4 Å². The Morgan fingerprint density at radius 1 is 1.03 bits per heavy atom. The Labute approximate surface area is 177 Å². The zero-order chi connectivity index (χ0) is 20.5. The Morgan fingerprint density at radius 3 is 2.52 bits per heavy atom. The highest BCUT2D eigenvalue weighted by molar-refractivity contribution is 8.00. The molecule has 2 heterocycles. The van der Waals surface area contributed by atoms with Gasteiger partial charge in [0.2, 0.25) is 0 Å². The highest BCUT2D eigenvalue weighted by atomic mass is 32.2. The summed E-state index contributed by atoms with van der Waals surface area (Å²) in [6, 6.07) is 12.2. The molecule has 0 spiro atoms. The van der Waals surface area contributed by atoms with Gasteiger partial charge in [0, 0.05) is 16.0 Å².